The van der Waals surface area contributed by atoms with Crippen LogP contribution in [-0.2, 0) is 19.4 Å². The highest BCUT2D eigenvalue weighted by Crippen LogP contribution is 2.31. The summed E-state index contributed by atoms with van der Waals surface area (Å²) in [5, 5.41) is 22.7. The summed E-state index contributed by atoms with van der Waals surface area (Å²) in [4.78, 5) is 0. The maximum absolute atomic E-state index is 9.16. The molecule has 1 N–H and O–H groups in total. The molecule has 0 unspecified atom stereocenters. The molecule has 1 aromatic carbocycles. The predicted molar refractivity (Wildman–Crippen MR) is 84.0 cm³/mol. The van der Waals surface area contributed by atoms with E-state index < -0.39 is 0 Å². The zero-order valence-corrected chi connectivity index (χ0v) is 13.3. The second-order valence-corrected chi connectivity index (χ2v) is 5.07. The number of hydrogen-bond donors (Lipinski definition) is 1. The van der Waals surface area contributed by atoms with Gasteiger partial charge in [-0.2, -0.15) is 10.4 Å². The predicted octanol–water partition coefficient (Wildman–Crippen LogP) is 2.97. The lowest BCUT2D eigenvalue weighted by atomic mass is 10.1. The minimum atomic E-state index is 0.0489. The normalized spacial score (nSPS) is 10.5. The first-order valence-electron chi connectivity index (χ1n) is 7.52. The molecule has 2 aromatic rings. The lowest BCUT2D eigenvalue weighted by Crippen LogP contribution is -2.08. The fraction of sp³-hybridized carbons (Fsp3) is 0.412. The lowest BCUT2D eigenvalue weighted by Gasteiger charge is -2.10. The summed E-state index contributed by atoms with van der Waals surface area (Å²) in [6.07, 6.45) is 1.54. The monoisotopic (exact) mass is 299 g/mol. The van der Waals surface area contributed by atoms with Gasteiger partial charge in [0.15, 0.2) is 5.75 Å². The number of aliphatic hydroxyl groups is 1. The van der Waals surface area contributed by atoms with Crippen molar-refractivity contribution in [2.75, 3.05) is 6.61 Å². The number of aliphatic hydroxyl groups excluding tert-OH is 1. The third kappa shape index (κ3) is 3.12. The number of rotatable bonds is 6. The van der Waals surface area contributed by atoms with E-state index in [4.69, 9.17) is 15.1 Å². The molecule has 2 rings (SSSR count). The smallest absolute Gasteiger partial charge is 0.171 e. The van der Waals surface area contributed by atoms with Gasteiger partial charge >= 0.3 is 0 Å². The van der Waals surface area contributed by atoms with Crippen LogP contribution in [0.2, 0.25) is 0 Å². The molecule has 0 fully saturated rings. The largest absolute Gasteiger partial charge is 0.453 e. The van der Waals surface area contributed by atoms with Crippen molar-refractivity contribution in [3.63, 3.8) is 0 Å². The van der Waals surface area contributed by atoms with Crippen LogP contribution in [0.15, 0.2) is 18.2 Å². The minimum absolute atomic E-state index is 0.0489. The summed E-state index contributed by atoms with van der Waals surface area (Å²) in [5.74, 6) is 1.46. The Labute approximate surface area is 130 Å². The van der Waals surface area contributed by atoms with Crippen LogP contribution in [-0.4, -0.2) is 21.5 Å². The zero-order chi connectivity index (χ0) is 16.1. The van der Waals surface area contributed by atoms with Gasteiger partial charge in [-0.05, 0) is 43.5 Å². The second kappa shape index (κ2) is 7.10. The van der Waals surface area contributed by atoms with Gasteiger partial charge in [-0.3, -0.25) is 4.68 Å². The quantitative estimate of drug-likeness (QED) is 0.890. The first-order valence-corrected chi connectivity index (χ1v) is 7.52. The molecule has 0 saturated carbocycles. The third-order valence-electron chi connectivity index (χ3n) is 3.60. The zero-order valence-electron chi connectivity index (χ0n) is 13.3. The Morgan fingerprint density at radius 1 is 1.32 bits per heavy atom. The molecule has 0 aliphatic heterocycles. The van der Waals surface area contributed by atoms with E-state index in [9.17, 15) is 0 Å². The number of hydrogen-bond acceptors (Lipinski definition) is 4. The van der Waals surface area contributed by atoms with Crippen LogP contribution in [0.5, 0.6) is 11.5 Å². The van der Waals surface area contributed by atoms with Crippen LogP contribution in [0.3, 0.4) is 0 Å². The van der Waals surface area contributed by atoms with Crippen molar-refractivity contribution in [1.29, 1.82) is 5.26 Å². The summed E-state index contributed by atoms with van der Waals surface area (Å²) in [5.41, 5.74) is 3.40. The number of ether oxygens (including phenoxy) is 1. The summed E-state index contributed by atoms with van der Waals surface area (Å²) in [6, 6.07) is 7.58. The van der Waals surface area contributed by atoms with Crippen LogP contribution in [0, 0.1) is 18.3 Å². The highest BCUT2D eigenvalue weighted by atomic mass is 16.5. The summed E-state index contributed by atoms with van der Waals surface area (Å²) < 4.78 is 7.87. The molecule has 0 atom stereocenters. The van der Waals surface area contributed by atoms with Crippen molar-refractivity contribution in [1.82, 2.24) is 9.78 Å². The van der Waals surface area contributed by atoms with Gasteiger partial charge in [0.1, 0.15) is 11.4 Å². The highest BCUT2D eigenvalue weighted by Gasteiger charge is 2.17. The Morgan fingerprint density at radius 3 is 2.64 bits per heavy atom. The van der Waals surface area contributed by atoms with E-state index in [1.165, 1.54) is 0 Å². The Morgan fingerprint density at radius 2 is 2.09 bits per heavy atom. The number of nitrogens with zero attached hydrogens (tertiary/aromatic N) is 3. The molecule has 0 bridgehead atoms. The van der Waals surface area contributed by atoms with Gasteiger partial charge in [0.2, 0.25) is 0 Å². The van der Waals surface area contributed by atoms with Gasteiger partial charge in [-0.15, -0.1) is 0 Å². The van der Waals surface area contributed by atoms with Crippen LogP contribution >= 0.6 is 0 Å². The van der Waals surface area contributed by atoms with E-state index in [2.05, 4.69) is 11.2 Å². The maximum Gasteiger partial charge on any atom is 0.171 e. The molecule has 116 valence electrons. The summed E-state index contributed by atoms with van der Waals surface area (Å²) in [7, 11) is 0. The molecule has 0 aliphatic carbocycles. The van der Waals surface area contributed by atoms with Gasteiger partial charge < -0.3 is 9.84 Å². The molecule has 1 heterocycles. The molecule has 5 nitrogen and oxygen atoms in total. The molecule has 0 saturated heterocycles. The average molecular weight is 299 g/mol. The van der Waals surface area contributed by atoms with Gasteiger partial charge in [0.05, 0.1) is 30.5 Å². The molecule has 0 radical (unpaired) electrons. The standard InChI is InChI=1S/C17H21N3O2/c1-4-15-17(16(5-2)20(19-15)8-9-21)22-14-7-6-13(11-18)12(3)10-14/h6-7,10,21H,4-5,8-9H2,1-3H3. The lowest BCUT2D eigenvalue weighted by molar-refractivity contribution is 0.267. The van der Waals surface area contributed by atoms with Gasteiger partial charge in [0.25, 0.3) is 0 Å². The Hall–Kier alpha value is -2.32. The van der Waals surface area contributed by atoms with Crippen molar-refractivity contribution >= 4 is 0 Å². The van der Waals surface area contributed by atoms with Crippen molar-refractivity contribution < 1.29 is 9.84 Å². The number of benzene rings is 1. The Balaban J connectivity index is 2.40. The van der Waals surface area contributed by atoms with Crippen LogP contribution in [0.4, 0.5) is 0 Å². The topological polar surface area (TPSA) is 71.1 Å². The first kappa shape index (κ1) is 16.1. The molecular weight excluding hydrogens is 278 g/mol. The van der Waals surface area contributed by atoms with E-state index in [0.717, 1.165) is 35.5 Å². The van der Waals surface area contributed by atoms with E-state index in [0.29, 0.717) is 17.9 Å². The van der Waals surface area contributed by atoms with E-state index >= 15 is 0 Å². The molecule has 0 spiro atoms. The number of nitriles is 1. The first-order chi connectivity index (χ1) is 10.6. The van der Waals surface area contributed by atoms with E-state index in [-0.39, 0.29) is 6.61 Å². The van der Waals surface area contributed by atoms with Crippen molar-refractivity contribution in [2.24, 2.45) is 0 Å². The SMILES string of the molecule is CCc1nn(CCO)c(CC)c1Oc1ccc(C#N)c(C)c1. The minimum Gasteiger partial charge on any atom is -0.453 e. The number of aromatic nitrogens is 2. The van der Waals surface area contributed by atoms with Gasteiger partial charge in [0, 0.05) is 0 Å². The molecule has 22 heavy (non-hydrogen) atoms. The van der Waals surface area contributed by atoms with Gasteiger partial charge in [-0.25, -0.2) is 0 Å². The third-order valence-corrected chi connectivity index (χ3v) is 3.60. The second-order valence-electron chi connectivity index (χ2n) is 5.07. The fourth-order valence-electron chi connectivity index (χ4n) is 2.45. The molecule has 0 amide bonds. The van der Waals surface area contributed by atoms with E-state index in [1.54, 1.807) is 12.1 Å². The average Bonchev–Trinajstić information content (AvgIpc) is 2.84. The van der Waals surface area contributed by atoms with Crippen molar-refractivity contribution in [2.45, 2.75) is 40.2 Å². The maximum atomic E-state index is 9.16. The van der Waals surface area contributed by atoms with Crippen molar-refractivity contribution in [3.05, 3.63) is 40.7 Å². The summed E-state index contributed by atoms with van der Waals surface area (Å²) >= 11 is 0. The fourth-order valence-corrected chi connectivity index (χ4v) is 2.45. The molecule has 0 aliphatic rings. The Kier molecular flexibility index (Phi) is 5.18. The van der Waals surface area contributed by atoms with E-state index in [1.807, 2.05) is 31.5 Å². The highest BCUT2D eigenvalue weighted by molar-refractivity contribution is 5.45. The number of aryl methyl sites for hydroxylation is 2. The molecule has 1 aromatic heterocycles. The Bertz CT molecular complexity index is 699. The molecular formula is C17H21N3O2. The van der Waals surface area contributed by atoms with Crippen LogP contribution in [0.25, 0.3) is 0 Å². The summed E-state index contributed by atoms with van der Waals surface area (Å²) in [6.45, 7) is 6.48. The molecule has 5 heteroatoms. The van der Waals surface area contributed by atoms with Gasteiger partial charge in [-0.1, -0.05) is 13.8 Å². The van der Waals surface area contributed by atoms with Crippen LogP contribution in [0.1, 0.15) is 36.4 Å². The van der Waals surface area contributed by atoms with Crippen LogP contribution < -0.4 is 4.74 Å². The van der Waals surface area contributed by atoms with Crippen molar-refractivity contribution in [3.8, 4) is 17.6 Å².